The molecule has 0 atom stereocenters. The lowest BCUT2D eigenvalue weighted by atomic mass is 10.1. The SMILES string of the molecule is COC(=O)N(C)NC(=O)c1cc(Cl)cc(C)c1NC(=O)c1cc(Cn2nc(C(F)(F)F)cc2C(F)(F)F)nn1-c1ncc(C(F)(F)F)cc1Cl. The van der Waals surface area contributed by atoms with Gasteiger partial charge in [-0.2, -0.15) is 49.7 Å². The number of aryl methyl sites for hydroxylation is 1. The summed E-state index contributed by atoms with van der Waals surface area (Å²) in [6.45, 7) is 0.262. The van der Waals surface area contributed by atoms with E-state index in [2.05, 4.69) is 30.7 Å². The van der Waals surface area contributed by atoms with Crippen LogP contribution in [0.5, 0.6) is 0 Å². The summed E-state index contributed by atoms with van der Waals surface area (Å²) in [5.41, 5.74) is -4.52. The molecule has 50 heavy (non-hydrogen) atoms. The molecule has 0 saturated heterocycles. The average Bonchev–Trinajstić information content (AvgIpc) is 3.62. The lowest BCUT2D eigenvalue weighted by Gasteiger charge is -2.19. The highest BCUT2D eigenvalue weighted by Gasteiger charge is 2.42. The van der Waals surface area contributed by atoms with Gasteiger partial charge in [0, 0.05) is 24.3 Å². The number of rotatable bonds is 6. The molecule has 0 aliphatic heterocycles. The van der Waals surface area contributed by atoms with Gasteiger partial charge in [0.25, 0.3) is 11.8 Å². The minimum atomic E-state index is -5.33. The number of hydrogen-bond acceptors (Lipinski definition) is 7. The van der Waals surface area contributed by atoms with E-state index in [0.29, 0.717) is 22.0 Å². The number of methoxy groups -OCH3 is 1. The zero-order valence-corrected chi connectivity index (χ0v) is 26.7. The molecule has 0 unspecified atom stereocenters. The van der Waals surface area contributed by atoms with Crippen LogP contribution in [0.15, 0.2) is 36.5 Å². The number of ether oxygens (including phenoxy) is 1. The van der Waals surface area contributed by atoms with E-state index in [0.717, 1.165) is 26.3 Å². The third-order valence-corrected chi connectivity index (χ3v) is 7.01. The number of carbonyl (C=O) groups excluding carboxylic acids is 3. The Morgan fingerprint density at radius 3 is 2.12 bits per heavy atom. The Balaban J connectivity index is 1.84. The number of anilines is 1. The van der Waals surface area contributed by atoms with Gasteiger partial charge in [0.1, 0.15) is 11.4 Å². The minimum absolute atomic E-state index is 0.00245. The molecule has 0 aliphatic rings. The predicted molar refractivity (Wildman–Crippen MR) is 154 cm³/mol. The number of alkyl halides is 9. The number of carbonyl (C=O) groups is 3. The average molecular weight is 761 g/mol. The number of hydrazine groups is 1. The molecule has 0 fully saturated rings. The lowest BCUT2D eigenvalue weighted by molar-refractivity contribution is -0.144. The van der Waals surface area contributed by atoms with Gasteiger partial charge in [-0.3, -0.25) is 19.7 Å². The van der Waals surface area contributed by atoms with Crippen LogP contribution in [0.2, 0.25) is 10.0 Å². The molecule has 3 amide bonds. The minimum Gasteiger partial charge on any atom is -0.452 e. The molecule has 1 aromatic carbocycles. The van der Waals surface area contributed by atoms with Crippen LogP contribution in [0.3, 0.4) is 0 Å². The highest BCUT2D eigenvalue weighted by atomic mass is 35.5. The van der Waals surface area contributed by atoms with Gasteiger partial charge in [0.15, 0.2) is 11.5 Å². The van der Waals surface area contributed by atoms with E-state index in [-0.39, 0.29) is 32.6 Å². The summed E-state index contributed by atoms with van der Waals surface area (Å²) in [7, 11) is 2.16. The summed E-state index contributed by atoms with van der Waals surface area (Å²) in [5, 5.41) is 9.16. The van der Waals surface area contributed by atoms with Crippen molar-refractivity contribution < 1.29 is 58.6 Å². The van der Waals surface area contributed by atoms with E-state index in [9.17, 15) is 53.9 Å². The first kappa shape index (κ1) is 37.8. The lowest BCUT2D eigenvalue weighted by Crippen LogP contribution is -2.43. The molecule has 0 aliphatic carbocycles. The fraction of sp³-hybridized carbons (Fsp3) is 0.259. The summed E-state index contributed by atoms with van der Waals surface area (Å²) in [6, 6.07) is 3.36. The number of pyridine rings is 1. The van der Waals surface area contributed by atoms with Gasteiger partial charge in [-0.25, -0.2) is 19.5 Å². The molecule has 0 radical (unpaired) electrons. The van der Waals surface area contributed by atoms with Crippen molar-refractivity contribution in [1.82, 2.24) is 35.0 Å². The Morgan fingerprint density at radius 2 is 1.56 bits per heavy atom. The molecule has 268 valence electrons. The van der Waals surface area contributed by atoms with Crippen molar-refractivity contribution in [3.63, 3.8) is 0 Å². The van der Waals surface area contributed by atoms with E-state index >= 15 is 0 Å². The van der Waals surface area contributed by atoms with Crippen molar-refractivity contribution in [2.75, 3.05) is 19.5 Å². The molecular weight excluding hydrogens is 742 g/mol. The Bertz CT molecular complexity index is 1970. The first-order valence-corrected chi connectivity index (χ1v) is 14.0. The van der Waals surface area contributed by atoms with Gasteiger partial charge in [0.05, 0.1) is 41.2 Å². The van der Waals surface area contributed by atoms with E-state index in [1.54, 1.807) is 0 Å². The third-order valence-electron chi connectivity index (χ3n) is 6.52. The molecule has 4 rings (SSSR count). The maximum Gasteiger partial charge on any atom is 0.435 e. The Kier molecular flexibility index (Phi) is 10.3. The molecule has 0 bridgehead atoms. The fourth-order valence-electron chi connectivity index (χ4n) is 4.29. The topological polar surface area (TPSA) is 136 Å². The molecule has 3 heterocycles. The Morgan fingerprint density at radius 1 is 0.900 bits per heavy atom. The van der Waals surface area contributed by atoms with Crippen molar-refractivity contribution in [2.45, 2.75) is 32.0 Å². The molecule has 12 nitrogen and oxygen atoms in total. The molecule has 23 heteroatoms. The van der Waals surface area contributed by atoms with Crippen molar-refractivity contribution in [3.8, 4) is 5.82 Å². The second-order valence-corrected chi connectivity index (χ2v) is 10.9. The molecule has 0 saturated carbocycles. The zero-order valence-electron chi connectivity index (χ0n) is 25.1. The van der Waals surface area contributed by atoms with Gasteiger partial charge < -0.3 is 10.1 Å². The third kappa shape index (κ3) is 8.21. The molecule has 3 aromatic heterocycles. The van der Waals surface area contributed by atoms with Crippen LogP contribution in [0.1, 0.15) is 49.1 Å². The zero-order chi connectivity index (χ0) is 37.5. The van der Waals surface area contributed by atoms with Crippen molar-refractivity contribution in [3.05, 3.63) is 86.0 Å². The molecular formula is C27H19Cl2F9N8O4. The van der Waals surface area contributed by atoms with Crippen LogP contribution in [0, 0.1) is 6.92 Å². The van der Waals surface area contributed by atoms with Gasteiger partial charge in [0.2, 0.25) is 0 Å². The first-order chi connectivity index (χ1) is 23.0. The predicted octanol–water partition coefficient (Wildman–Crippen LogP) is 6.78. The van der Waals surface area contributed by atoms with Crippen LogP contribution < -0.4 is 10.7 Å². The van der Waals surface area contributed by atoms with E-state index < -0.39 is 82.2 Å². The summed E-state index contributed by atoms with van der Waals surface area (Å²) < 4.78 is 126. The first-order valence-electron chi connectivity index (χ1n) is 13.3. The van der Waals surface area contributed by atoms with Crippen LogP contribution in [0.4, 0.5) is 50.0 Å². The fourth-order valence-corrected chi connectivity index (χ4v) is 4.81. The molecule has 0 spiro atoms. The number of nitrogens with zero attached hydrogens (tertiary/aromatic N) is 6. The maximum absolute atomic E-state index is 13.7. The number of amides is 3. The van der Waals surface area contributed by atoms with Crippen LogP contribution in [-0.4, -0.2) is 61.6 Å². The van der Waals surface area contributed by atoms with Crippen molar-refractivity contribution >= 4 is 46.8 Å². The maximum atomic E-state index is 13.7. The molecule has 2 N–H and O–H groups in total. The van der Waals surface area contributed by atoms with Crippen LogP contribution >= 0.6 is 23.2 Å². The summed E-state index contributed by atoms with van der Waals surface area (Å²) in [6.07, 6.45) is -16.2. The largest absolute Gasteiger partial charge is 0.452 e. The summed E-state index contributed by atoms with van der Waals surface area (Å²) in [4.78, 5) is 42.2. The molecule has 4 aromatic rings. The number of benzene rings is 1. The Labute approximate surface area is 283 Å². The monoisotopic (exact) mass is 760 g/mol. The normalized spacial score (nSPS) is 12.1. The number of aromatic nitrogens is 5. The van der Waals surface area contributed by atoms with Gasteiger partial charge in [-0.15, -0.1) is 0 Å². The quantitative estimate of drug-likeness (QED) is 0.163. The second-order valence-electron chi connectivity index (χ2n) is 10.1. The summed E-state index contributed by atoms with van der Waals surface area (Å²) >= 11 is 12.1. The van der Waals surface area contributed by atoms with E-state index in [1.165, 1.54) is 13.0 Å². The second kappa shape index (κ2) is 13.7. The van der Waals surface area contributed by atoms with Crippen LogP contribution in [-0.2, 0) is 29.8 Å². The van der Waals surface area contributed by atoms with Gasteiger partial charge in [-0.1, -0.05) is 23.2 Å². The highest BCUT2D eigenvalue weighted by molar-refractivity contribution is 6.32. The number of halogens is 11. The summed E-state index contributed by atoms with van der Waals surface area (Å²) in [5.74, 6) is -2.86. The van der Waals surface area contributed by atoms with Gasteiger partial charge in [-0.05, 0) is 36.8 Å². The van der Waals surface area contributed by atoms with Crippen LogP contribution in [0.25, 0.3) is 5.82 Å². The van der Waals surface area contributed by atoms with E-state index in [4.69, 9.17) is 23.2 Å². The van der Waals surface area contributed by atoms with Crippen molar-refractivity contribution in [2.24, 2.45) is 0 Å². The Hall–Kier alpha value is -5.05. The van der Waals surface area contributed by atoms with Gasteiger partial charge >= 0.3 is 24.6 Å². The highest BCUT2D eigenvalue weighted by Crippen LogP contribution is 2.36. The van der Waals surface area contributed by atoms with E-state index in [1.807, 2.05) is 0 Å². The number of hydrogen-bond donors (Lipinski definition) is 2. The number of nitrogens with one attached hydrogen (secondary N) is 2. The smallest absolute Gasteiger partial charge is 0.435 e. The standard InChI is InChI=1S/C27H19Cl2F9N8O4/c1-11-4-13(28)6-15(22(47)43-44(2)24(49)50-3)20(11)40-23(48)17-7-14(10-45-19(27(36,37)38)8-18(42-45)26(33,34)35)41-46(17)21-16(29)5-12(9-39-21)25(30,31)32/h4-9H,10H2,1-3H3,(H,40,48)(H,43,47). The van der Waals surface area contributed by atoms with Crippen molar-refractivity contribution in [1.29, 1.82) is 0 Å².